The summed E-state index contributed by atoms with van der Waals surface area (Å²) in [7, 11) is 1.74. The van der Waals surface area contributed by atoms with Gasteiger partial charge in [0.1, 0.15) is 6.54 Å². The maximum absolute atomic E-state index is 12.3. The highest BCUT2D eigenvalue weighted by Crippen LogP contribution is 2.13. The number of hydrogen-bond donors (Lipinski definition) is 1. The van der Waals surface area contributed by atoms with Crippen LogP contribution < -0.4 is 10.9 Å². The molecule has 0 unspecified atom stereocenters. The van der Waals surface area contributed by atoms with Crippen molar-refractivity contribution in [3.8, 4) is 0 Å². The van der Waals surface area contributed by atoms with Gasteiger partial charge in [0.25, 0.3) is 5.56 Å². The minimum Gasteiger partial charge on any atom is -0.348 e. The Kier molecular flexibility index (Phi) is 4.16. The lowest BCUT2D eigenvalue weighted by molar-refractivity contribution is -0.122. The molecule has 3 aromatic rings. The van der Waals surface area contributed by atoms with E-state index in [0.29, 0.717) is 10.9 Å². The summed E-state index contributed by atoms with van der Waals surface area (Å²) in [5.74, 6) is -0.263. The Morgan fingerprint density at radius 2 is 1.92 bits per heavy atom. The zero-order valence-electron chi connectivity index (χ0n) is 13.9. The second-order valence-electron chi connectivity index (χ2n) is 5.87. The van der Waals surface area contributed by atoms with Crippen LogP contribution in [0.5, 0.6) is 0 Å². The van der Waals surface area contributed by atoms with Crippen molar-refractivity contribution in [3.05, 3.63) is 58.1 Å². The maximum atomic E-state index is 12.3. The zero-order chi connectivity index (χ0) is 17.3. The maximum Gasteiger partial charge on any atom is 0.278 e. The minimum absolute atomic E-state index is 0.125. The summed E-state index contributed by atoms with van der Waals surface area (Å²) in [4.78, 5) is 24.6. The summed E-state index contributed by atoms with van der Waals surface area (Å²) in [6.07, 6.45) is 3.03. The molecule has 0 bridgehead atoms. The standard InChI is InChI=1S/C17H19N5O2/c1-11-4-6-13(7-5-11)12(2)20-16(23)10-22-17(24)14-8-18-21(3)15(14)9-19-22/h4-9,12H,10H2,1-3H3,(H,20,23)/t12-/m0/s1. The fraction of sp³-hybridized carbons (Fsp3) is 0.294. The second-order valence-corrected chi connectivity index (χ2v) is 5.87. The van der Waals surface area contributed by atoms with E-state index in [2.05, 4.69) is 15.5 Å². The molecule has 3 rings (SSSR count). The molecule has 24 heavy (non-hydrogen) atoms. The fourth-order valence-corrected chi connectivity index (χ4v) is 2.55. The van der Waals surface area contributed by atoms with E-state index < -0.39 is 0 Å². The molecule has 7 heteroatoms. The highest BCUT2D eigenvalue weighted by Gasteiger charge is 2.13. The van der Waals surface area contributed by atoms with Crippen LogP contribution in [-0.4, -0.2) is 25.5 Å². The van der Waals surface area contributed by atoms with Crippen molar-refractivity contribution in [1.82, 2.24) is 24.9 Å². The Bertz CT molecular complexity index is 940. The number of nitrogens with one attached hydrogen (secondary N) is 1. The van der Waals surface area contributed by atoms with Gasteiger partial charge >= 0.3 is 0 Å². The number of benzene rings is 1. The van der Waals surface area contributed by atoms with E-state index in [1.807, 2.05) is 38.1 Å². The molecule has 0 saturated heterocycles. The first-order chi connectivity index (χ1) is 11.5. The number of carbonyl (C=O) groups excluding carboxylic acids is 1. The summed E-state index contributed by atoms with van der Waals surface area (Å²) >= 11 is 0. The van der Waals surface area contributed by atoms with Gasteiger partial charge in [-0.2, -0.15) is 10.2 Å². The molecular weight excluding hydrogens is 306 g/mol. The van der Waals surface area contributed by atoms with E-state index in [9.17, 15) is 9.59 Å². The minimum atomic E-state index is -0.321. The molecule has 0 aliphatic carbocycles. The number of fused-ring (bicyclic) bond motifs is 1. The molecule has 1 amide bonds. The van der Waals surface area contributed by atoms with E-state index in [0.717, 1.165) is 15.8 Å². The molecule has 124 valence electrons. The molecule has 1 N–H and O–H groups in total. The Balaban J connectivity index is 1.74. The van der Waals surface area contributed by atoms with E-state index in [1.54, 1.807) is 17.9 Å². The molecule has 0 spiro atoms. The normalized spacial score (nSPS) is 12.3. The molecule has 0 aliphatic heterocycles. The van der Waals surface area contributed by atoms with Gasteiger partial charge in [0.15, 0.2) is 0 Å². The predicted octanol–water partition coefficient (Wildman–Crippen LogP) is 1.32. The number of carbonyl (C=O) groups is 1. The molecule has 0 aliphatic rings. The van der Waals surface area contributed by atoms with Gasteiger partial charge in [-0.25, -0.2) is 4.68 Å². The van der Waals surface area contributed by atoms with Crippen molar-refractivity contribution in [2.45, 2.75) is 26.4 Å². The van der Waals surface area contributed by atoms with Crippen LogP contribution in [0.3, 0.4) is 0 Å². The zero-order valence-corrected chi connectivity index (χ0v) is 13.9. The lowest BCUT2D eigenvalue weighted by atomic mass is 10.1. The molecule has 0 fully saturated rings. The molecule has 0 saturated carbocycles. The topological polar surface area (TPSA) is 81.8 Å². The van der Waals surface area contributed by atoms with Crippen molar-refractivity contribution in [2.75, 3.05) is 0 Å². The van der Waals surface area contributed by atoms with Crippen LogP contribution in [0.2, 0.25) is 0 Å². The quantitative estimate of drug-likeness (QED) is 0.784. The van der Waals surface area contributed by atoms with Crippen molar-refractivity contribution in [3.63, 3.8) is 0 Å². The van der Waals surface area contributed by atoms with Crippen LogP contribution in [-0.2, 0) is 18.4 Å². The van der Waals surface area contributed by atoms with Crippen LogP contribution in [0.4, 0.5) is 0 Å². The number of aryl methyl sites for hydroxylation is 2. The lowest BCUT2D eigenvalue weighted by Crippen LogP contribution is -2.34. The first kappa shape index (κ1) is 15.9. The third kappa shape index (κ3) is 3.05. The molecule has 1 aromatic carbocycles. The van der Waals surface area contributed by atoms with Crippen LogP contribution in [0.1, 0.15) is 24.1 Å². The van der Waals surface area contributed by atoms with E-state index in [4.69, 9.17) is 0 Å². The Labute approximate surface area is 138 Å². The van der Waals surface area contributed by atoms with Gasteiger partial charge in [0, 0.05) is 7.05 Å². The average molecular weight is 325 g/mol. The molecule has 0 radical (unpaired) electrons. The van der Waals surface area contributed by atoms with Crippen LogP contribution in [0.15, 0.2) is 41.5 Å². The monoisotopic (exact) mass is 325 g/mol. The predicted molar refractivity (Wildman–Crippen MR) is 90.5 cm³/mol. The molecular formula is C17H19N5O2. The number of hydrogen-bond acceptors (Lipinski definition) is 4. The van der Waals surface area contributed by atoms with E-state index in [-0.39, 0.29) is 24.1 Å². The largest absolute Gasteiger partial charge is 0.348 e. The van der Waals surface area contributed by atoms with Crippen LogP contribution in [0, 0.1) is 6.92 Å². The van der Waals surface area contributed by atoms with Gasteiger partial charge < -0.3 is 5.32 Å². The average Bonchev–Trinajstić information content (AvgIpc) is 2.92. The van der Waals surface area contributed by atoms with Crippen molar-refractivity contribution >= 4 is 16.8 Å². The summed E-state index contributed by atoms with van der Waals surface area (Å²) in [5.41, 5.74) is 2.50. The highest BCUT2D eigenvalue weighted by molar-refractivity contribution is 5.78. The fourth-order valence-electron chi connectivity index (χ4n) is 2.55. The van der Waals surface area contributed by atoms with Crippen LogP contribution >= 0.6 is 0 Å². The van der Waals surface area contributed by atoms with Gasteiger partial charge in [0.2, 0.25) is 5.91 Å². The second kappa shape index (κ2) is 6.27. The summed E-state index contributed by atoms with van der Waals surface area (Å²) in [5, 5.41) is 11.4. The Hall–Kier alpha value is -2.96. The number of nitrogens with zero attached hydrogens (tertiary/aromatic N) is 4. The molecule has 1 atom stereocenters. The highest BCUT2D eigenvalue weighted by atomic mass is 16.2. The SMILES string of the molecule is Cc1ccc([C@H](C)NC(=O)Cn2ncc3c(cnn3C)c2=O)cc1. The third-order valence-electron chi connectivity index (χ3n) is 4.02. The van der Waals surface area contributed by atoms with Crippen molar-refractivity contribution in [2.24, 2.45) is 7.05 Å². The summed E-state index contributed by atoms with van der Waals surface area (Å²) in [6, 6.07) is 7.82. The van der Waals surface area contributed by atoms with E-state index in [1.165, 1.54) is 6.20 Å². The Morgan fingerprint density at radius 3 is 2.62 bits per heavy atom. The summed E-state index contributed by atoms with van der Waals surface area (Å²) < 4.78 is 2.73. The van der Waals surface area contributed by atoms with Gasteiger partial charge in [-0.05, 0) is 19.4 Å². The van der Waals surface area contributed by atoms with Gasteiger partial charge in [0.05, 0.1) is 29.3 Å². The van der Waals surface area contributed by atoms with E-state index >= 15 is 0 Å². The Morgan fingerprint density at radius 1 is 1.21 bits per heavy atom. The van der Waals surface area contributed by atoms with Gasteiger partial charge in [-0.3, -0.25) is 14.3 Å². The van der Waals surface area contributed by atoms with Crippen molar-refractivity contribution in [1.29, 1.82) is 0 Å². The smallest absolute Gasteiger partial charge is 0.278 e. The number of aromatic nitrogens is 4. The van der Waals surface area contributed by atoms with Gasteiger partial charge in [-0.1, -0.05) is 29.8 Å². The molecule has 2 heterocycles. The molecule has 7 nitrogen and oxygen atoms in total. The molecule has 2 aromatic heterocycles. The number of amides is 1. The van der Waals surface area contributed by atoms with Crippen LogP contribution in [0.25, 0.3) is 10.9 Å². The summed E-state index contributed by atoms with van der Waals surface area (Å²) in [6.45, 7) is 3.79. The lowest BCUT2D eigenvalue weighted by Gasteiger charge is -2.15. The third-order valence-corrected chi connectivity index (χ3v) is 4.02. The first-order valence-corrected chi connectivity index (χ1v) is 7.69. The first-order valence-electron chi connectivity index (χ1n) is 7.69. The van der Waals surface area contributed by atoms with Crippen molar-refractivity contribution < 1.29 is 4.79 Å². The van der Waals surface area contributed by atoms with Gasteiger partial charge in [-0.15, -0.1) is 0 Å². The number of rotatable bonds is 4.